The molecule has 9 nitrogen and oxygen atoms in total. The van der Waals surface area contributed by atoms with Crippen molar-refractivity contribution in [2.75, 3.05) is 6.61 Å². The van der Waals surface area contributed by atoms with Crippen LogP contribution in [-0.2, 0) is 33.3 Å². The highest BCUT2D eigenvalue weighted by molar-refractivity contribution is 5.68. The van der Waals surface area contributed by atoms with E-state index >= 15 is 0 Å². The van der Waals surface area contributed by atoms with E-state index in [9.17, 15) is 24.6 Å². The predicted octanol–water partition coefficient (Wildman–Crippen LogP) is 2.19. The first kappa shape index (κ1) is 25.9. The molecule has 2 saturated carbocycles. The maximum atomic E-state index is 12.4. The van der Waals surface area contributed by atoms with Crippen LogP contribution in [0.4, 0.5) is 0 Å². The molecule has 2 N–H and O–H groups in total. The lowest BCUT2D eigenvalue weighted by atomic mass is 9.48. The molecule has 0 amide bonds. The van der Waals surface area contributed by atoms with E-state index in [2.05, 4.69) is 6.58 Å². The predicted molar refractivity (Wildman–Crippen MR) is 122 cm³/mol. The Morgan fingerprint density at radius 1 is 1.06 bits per heavy atom. The van der Waals surface area contributed by atoms with Crippen LogP contribution < -0.4 is 0 Å². The first-order valence-electron chi connectivity index (χ1n) is 12.1. The SMILES string of the molecule is C=C1[C@@H](O)CC[C@@]2(C)[C@@H](OC(C)=O)[C@H](OC(C)=O)C3=C(C)[C@@]4(O)C[C@@H]([C@@H](OC(C)=O)[C@H]12)[C@]3(C)CO4. The van der Waals surface area contributed by atoms with Crippen molar-refractivity contribution in [1.82, 2.24) is 0 Å². The molecule has 2 heterocycles. The summed E-state index contributed by atoms with van der Waals surface area (Å²) >= 11 is 0. The molecule has 9 atom stereocenters. The third-order valence-corrected chi connectivity index (χ3v) is 8.85. The molecule has 0 spiro atoms. The van der Waals surface area contributed by atoms with Gasteiger partial charge in [0.15, 0.2) is 11.9 Å². The lowest BCUT2D eigenvalue weighted by Crippen LogP contribution is -2.69. The van der Waals surface area contributed by atoms with Crippen LogP contribution in [0.2, 0.25) is 0 Å². The number of aliphatic hydroxyl groups excluding tert-OH is 1. The van der Waals surface area contributed by atoms with Crippen LogP contribution in [0.1, 0.15) is 60.8 Å². The molecule has 0 radical (unpaired) electrons. The first-order valence-corrected chi connectivity index (χ1v) is 12.1. The van der Waals surface area contributed by atoms with Gasteiger partial charge in [0, 0.05) is 49.9 Å². The van der Waals surface area contributed by atoms with Crippen LogP contribution in [0.5, 0.6) is 0 Å². The summed E-state index contributed by atoms with van der Waals surface area (Å²) in [6, 6.07) is 0. The summed E-state index contributed by atoms with van der Waals surface area (Å²) in [5, 5.41) is 22.4. The third kappa shape index (κ3) is 3.83. The summed E-state index contributed by atoms with van der Waals surface area (Å²) in [6.07, 6.45) is -2.72. The number of rotatable bonds is 3. The van der Waals surface area contributed by atoms with Gasteiger partial charge in [-0.25, -0.2) is 0 Å². The maximum Gasteiger partial charge on any atom is 0.303 e. The molecular weight excluding hydrogens is 456 g/mol. The molecule has 0 aromatic heterocycles. The van der Waals surface area contributed by atoms with E-state index in [-0.39, 0.29) is 13.0 Å². The second-order valence-corrected chi connectivity index (χ2v) is 11.1. The standard InChI is InChI=1S/C26H36O9/c1-12-18(30)8-9-24(6)19(12)21(33-14(3)27)17-10-26(31)13(2)20(25(17,7)11-32-26)22(34-15(4)28)23(24)35-16(5)29/h17-19,21-23,30-31H,1,8-11H2,2-7H3/t17-,18-,19-,21+,22+,23-,24+,25-,26+/m0/s1. The Balaban J connectivity index is 2.06. The zero-order valence-electron chi connectivity index (χ0n) is 21.3. The number of aliphatic hydroxyl groups is 2. The summed E-state index contributed by atoms with van der Waals surface area (Å²) in [6.45, 7) is 13.7. The Bertz CT molecular complexity index is 1000. The number of carbonyl (C=O) groups excluding carboxylic acids is 3. The summed E-state index contributed by atoms with van der Waals surface area (Å²) in [7, 11) is 0. The molecule has 194 valence electrons. The molecule has 0 aromatic carbocycles. The van der Waals surface area contributed by atoms with E-state index in [4.69, 9.17) is 18.9 Å². The highest BCUT2D eigenvalue weighted by atomic mass is 16.6. The zero-order chi connectivity index (χ0) is 26.1. The number of ether oxygens (including phenoxy) is 4. The van der Waals surface area contributed by atoms with Crippen molar-refractivity contribution in [3.05, 3.63) is 23.3 Å². The smallest absolute Gasteiger partial charge is 0.303 e. The normalized spacial score (nSPS) is 44.6. The minimum Gasteiger partial charge on any atom is -0.462 e. The van der Waals surface area contributed by atoms with Crippen LogP contribution in [0.3, 0.4) is 0 Å². The molecular formula is C26H36O9. The van der Waals surface area contributed by atoms with Crippen LogP contribution >= 0.6 is 0 Å². The number of fused-ring (bicyclic) bond motifs is 2. The van der Waals surface area contributed by atoms with Gasteiger partial charge in [-0.05, 0) is 36.5 Å². The van der Waals surface area contributed by atoms with Gasteiger partial charge in [0.25, 0.3) is 0 Å². The lowest BCUT2D eigenvalue weighted by molar-refractivity contribution is -0.283. The van der Waals surface area contributed by atoms with Crippen molar-refractivity contribution in [2.24, 2.45) is 22.7 Å². The van der Waals surface area contributed by atoms with Crippen molar-refractivity contribution < 1.29 is 43.5 Å². The molecule has 9 heteroatoms. The quantitative estimate of drug-likeness (QED) is 0.346. The Morgan fingerprint density at radius 2 is 1.66 bits per heavy atom. The number of hydrogen-bond donors (Lipinski definition) is 2. The third-order valence-electron chi connectivity index (χ3n) is 8.85. The Labute approximate surface area is 205 Å². The van der Waals surface area contributed by atoms with Crippen LogP contribution in [0, 0.1) is 22.7 Å². The molecule has 1 saturated heterocycles. The van der Waals surface area contributed by atoms with Crippen molar-refractivity contribution >= 4 is 17.9 Å². The molecule has 4 bridgehead atoms. The van der Waals surface area contributed by atoms with E-state index in [1.165, 1.54) is 20.8 Å². The van der Waals surface area contributed by atoms with Crippen LogP contribution in [-0.4, -0.2) is 64.9 Å². The molecule has 0 unspecified atom stereocenters. The van der Waals surface area contributed by atoms with Gasteiger partial charge in [0.2, 0.25) is 0 Å². The summed E-state index contributed by atoms with van der Waals surface area (Å²) in [5.74, 6) is -4.38. The van der Waals surface area contributed by atoms with Gasteiger partial charge >= 0.3 is 17.9 Å². The fourth-order valence-electron chi connectivity index (χ4n) is 7.22. The Morgan fingerprint density at radius 3 is 2.23 bits per heavy atom. The molecule has 5 rings (SSSR count). The number of hydrogen-bond acceptors (Lipinski definition) is 9. The van der Waals surface area contributed by atoms with Crippen molar-refractivity contribution in [2.45, 2.75) is 91.0 Å². The van der Waals surface area contributed by atoms with Crippen molar-refractivity contribution in [1.29, 1.82) is 0 Å². The average Bonchev–Trinajstić information content (AvgIpc) is 2.73. The number of esters is 3. The summed E-state index contributed by atoms with van der Waals surface area (Å²) < 4.78 is 23.7. The van der Waals surface area contributed by atoms with Crippen LogP contribution in [0.15, 0.2) is 23.3 Å². The summed E-state index contributed by atoms with van der Waals surface area (Å²) in [5.41, 5.74) is -0.132. The monoisotopic (exact) mass is 492 g/mol. The zero-order valence-corrected chi connectivity index (χ0v) is 21.3. The fraction of sp³-hybridized carbons (Fsp3) is 0.731. The van der Waals surface area contributed by atoms with E-state index in [1.807, 2.05) is 13.8 Å². The van der Waals surface area contributed by atoms with E-state index in [0.29, 0.717) is 29.6 Å². The van der Waals surface area contributed by atoms with Crippen LogP contribution in [0.25, 0.3) is 0 Å². The largest absolute Gasteiger partial charge is 0.462 e. The second kappa shape index (κ2) is 8.42. The Hall–Kier alpha value is -2.23. The minimum absolute atomic E-state index is 0.0849. The molecule has 3 fully saturated rings. The lowest BCUT2D eigenvalue weighted by Gasteiger charge is -2.64. The molecule has 0 aromatic rings. The molecule has 2 aliphatic heterocycles. The molecule has 5 aliphatic rings. The highest BCUT2D eigenvalue weighted by Crippen LogP contribution is 2.64. The fourth-order valence-corrected chi connectivity index (χ4v) is 7.22. The minimum atomic E-state index is -1.67. The van der Waals surface area contributed by atoms with Crippen molar-refractivity contribution in [3.63, 3.8) is 0 Å². The van der Waals surface area contributed by atoms with Gasteiger partial charge in [-0.1, -0.05) is 20.4 Å². The van der Waals surface area contributed by atoms with E-state index < -0.39 is 70.8 Å². The topological polar surface area (TPSA) is 129 Å². The first-order chi connectivity index (χ1) is 16.2. The summed E-state index contributed by atoms with van der Waals surface area (Å²) in [4.78, 5) is 37.2. The highest BCUT2D eigenvalue weighted by Gasteiger charge is 2.68. The maximum absolute atomic E-state index is 12.4. The van der Waals surface area contributed by atoms with Gasteiger partial charge < -0.3 is 29.2 Å². The Kier molecular flexibility index (Phi) is 6.22. The number of carbonyl (C=O) groups is 3. The van der Waals surface area contributed by atoms with Gasteiger partial charge in [-0.3, -0.25) is 14.4 Å². The molecule has 35 heavy (non-hydrogen) atoms. The average molecular weight is 493 g/mol. The molecule has 3 aliphatic carbocycles. The second-order valence-electron chi connectivity index (χ2n) is 11.1. The van der Waals surface area contributed by atoms with Gasteiger partial charge in [0.05, 0.1) is 12.7 Å². The van der Waals surface area contributed by atoms with E-state index in [1.54, 1.807) is 6.92 Å². The van der Waals surface area contributed by atoms with Gasteiger partial charge in [0.1, 0.15) is 12.2 Å². The van der Waals surface area contributed by atoms with Crippen molar-refractivity contribution in [3.8, 4) is 0 Å². The van der Waals surface area contributed by atoms with E-state index in [0.717, 1.165) is 0 Å². The van der Waals surface area contributed by atoms with Gasteiger partial charge in [-0.2, -0.15) is 0 Å². The van der Waals surface area contributed by atoms with Gasteiger partial charge in [-0.15, -0.1) is 0 Å².